The molecule has 0 saturated carbocycles. The van der Waals surface area contributed by atoms with E-state index in [0.29, 0.717) is 10.8 Å². The Morgan fingerprint density at radius 3 is 2.48 bits per heavy atom. The Bertz CT molecular complexity index is 776. The van der Waals surface area contributed by atoms with Crippen molar-refractivity contribution < 1.29 is 22.8 Å². The molecule has 11 heteroatoms. The minimum absolute atomic E-state index is 0.000666. The zero-order chi connectivity index (χ0) is 18.6. The number of alkyl halides is 3. The Kier molecular flexibility index (Phi) is 6.36. The number of rotatable bonds is 6. The fourth-order valence-corrected chi connectivity index (χ4v) is 4.10. The number of hydrogen-bond donors (Lipinski definition) is 2. The highest BCUT2D eigenvalue weighted by Crippen LogP contribution is 2.37. The summed E-state index contributed by atoms with van der Waals surface area (Å²) in [6, 6.07) is 5.09. The molecule has 0 bridgehead atoms. The number of aryl methyl sites for hydroxylation is 1. The number of aromatic nitrogens is 1. The van der Waals surface area contributed by atoms with E-state index in [4.69, 9.17) is 5.73 Å². The van der Waals surface area contributed by atoms with Crippen LogP contribution in [0.3, 0.4) is 0 Å². The standard InChI is InChI=1S/C14H12F3N3O2S3/c1-7-12(23-6-10(18)21)24-13(19-7)20-11(22)8-2-4-9(5-3-8)25-14(15,16)17/h2-5H,6H2,1H3,(H2,18,21)(H,19,20,22). The summed E-state index contributed by atoms with van der Waals surface area (Å²) in [5.41, 5.74) is 1.58. The number of nitrogens with one attached hydrogen (secondary N) is 1. The zero-order valence-electron chi connectivity index (χ0n) is 12.7. The van der Waals surface area contributed by atoms with Crippen LogP contribution in [0.4, 0.5) is 18.3 Å². The molecule has 2 aromatic rings. The van der Waals surface area contributed by atoms with Gasteiger partial charge >= 0.3 is 5.51 Å². The lowest BCUT2D eigenvalue weighted by atomic mass is 10.2. The number of anilines is 1. The lowest BCUT2D eigenvalue weighted by Gasteiger charge is -2.06. The first kappa shape index (κ1) is 19.6. The Labute approximate surface area is 153 Å². The summed E-state index contributed by atoms with van der Waals surface area (Å²) >= 11 is 2.18. The average molecular weight is 407 g/mol. The van der Waals surface area contributed by atoms with Crippen molar-refractivity contribution in [2.45, 2.75) is 21.5 Å². The van der Waals surface area contributed by atoms with Gasteiger partial charge in [0.1, 0.15) is 0 Å². The molecule has 0 radical (unpaired) electrons. The van der Waals surface area contributed by atoms with Crippen LogP contribution in [0.15, 0.2) is 33.4 Å². The molecule has 1 aromatic heterocycles. The number of benzene rings is 1. The van der Waals surface area contributed by atoms with Gasteiger partial charge in [0.2, 0.25) is 5.91 Å². The van der Waals surface area contributed by atoms with Crippen molar-refractivity contribution in [1.82, 2.24) is 4.98 Å². The van der Waals surface area contributed by atoms with Gasteiger partial charge in [0.25, 0.3) is 5.91 Å². The van der Waals surface area contributed by atoms with Gasteiger partial charge in [-0.2, -0.15) is 13.2 Å². The monoisotopic (exact) mass is 407 g/mol. The maximum atomic E-state index is 12.3. The SMILES string of the molecule is Cc1nc(NC(=O)c2ccc(SC(F)(F)F)cc2)sc1SCC(N)=O. The second-order valence-corrected chi connectivity index (χ2v) is 8.05. The summed E-state index contributed by atoms with van der Waals surface area (Å²) in [5, 5.41) is 2.92. The van der Waals surface area contributed by atoms with Crippen LogP contribution >= 0.6 is 34.9 Å². The molecule has 0 fully saturated rings. The second-order valence-electron chi connectivity index (χ2n) is 4.67. The van der Waals surface area contributed by atoms with Crippen LogP contribution in [-0.4, -0.2) is 28.1 Å². The third kappa shape index (κ3) is 6.25. The van der Waals surface area contributed by atoms with Gasteiger partial charge in [-0.25, -0.2) is 4.98 Å². The molecule has 0 spiro atoms. The smallest absolute Gasteiger partial charge is 0.369 e. The van der Waals surface area contributed by atoms with Gasteiger partial charge < -0.3 is 5.73 Å². The third-order valence-corrected chi connectivity index (χ3v) is 5.87. The van der Waals surface area contributed by atoms with Crippen molar-refractivity contribution >= 4 is 51.8 Å². The highest BCUT2D eigenvalue weighted by atomic mass is 32.2. The van der Waals surface area contributed by atoms with Gasteiger partial charge in [-0.3, -0.25) is 14.9 Å². The number of carbonyl (C=O) groups is 2. The predicted molar refractivity (Wildman–Crippen MR) is 93.1 cm³/mol. The quantitative estimate of drug-likeness (QED) is 0.710. The van der Waals surface area contributed by atoms with Crippen LogP contribution < -0.4 is 11.1 Å². The third-order valence-electron chi connectivity index (χ3n) is 2.67. The number of carbonyl (C=O) groups excluding carboxylic acids is 2. The maximum absolute atomic E-state index is 12.3. The van der Waals surface area contributed by atoms with Crippen molar-refractivity contribution in [1.29, 1.82) is 0 Å². The fraction of sp³-hybridized carbons (Fsp3) is 0.214. The van der Waals surface area contributed by atoms with Crippen molar-refractivity contribution in [3.8, 4) is 0 Å². The van der Waals surface area contributed by atoms with Gasteiger partial charge in [-0.15, -0.1) is 11.8 Å². The van der Waals surface area contributed by atoms with Crippen LogP contribution in [0.5, 0.6) is 0 Å². The molecule has 0 aliphatic rings. The summed E-state index contributed by atoms with van der Waals surface area (Å²) in [5.74, 6) is -0.835. The van der Waals surface area contributed by atoms with Crippen LogP contribution in [0.1, 0.15) is 16.1 Å². The topological polar surface area (TPSA) is 85.1 Å². The minimum atomic E-state index is -4.37. The Balaban J connectivity index is 2.02. The number of amides is 2. The average Bonchev–Trinajstić information content (AvgIpc) is 2.84. The second kappa shape index (κ2) is 8.11. The molecule has 1 aromatic carbocycles. The van der Waals surface area contributed by atoms with Crippen molar-refractivity contribution in [2.75, 3.05) is 11.1 Å². The van der Waals surface area contributed by atoms with E-state index in [1.807, 2.05) is 0 Å². The largest absolute Gasteiger partial charge is 0.446 e. The lowest BCUT2D eigenvalue weighted by Crippen LogP contribution is -2.12. The predicted octanol–water partition coefficient (Wildman–Crippen LogP) is 3.89. The van der Waals surface area contributed by atoms with Gasteiger partial charge in [-0.1, -0.05) is 11.3 Å². The number of nitrogens with zero attached hydrogens (tertiary/aromatic N) is 1. The summed E-state index contributed by atoms with van der Waals surface area (Å²) < 4.78 is 37.6. The molecule has 0 saturated heterocycles. The molecule has 0 aliphatic heterocycles. The van der Waals surface area contributed by atoms with Crippen molar-refractivity contribution in [3.05, 3.63) is 35.5 Å². The fourth-order valence-electron chi connectivity index (χ4n) is 1.68. The van der Waals surface area contributed by atoms with Gasteiger partial charge in [-0.05, 0) is 43.0 Å². The molecular weight excluding hydrogens is 395 g/mol. The van der Waals surface area contributed by atoms with Crippen molar-refractivity contribution in [3.63, 3.8) is 0 Å². The van der Waals surface area contributed by atoms with E-state index in [2.05, 4.69) is 10.3 Å². The highest BCUT2D eigenvalue weighted by molar-refractivity contribution is 8.01. The summed E-state index contributed by atoms with van der Waals surface area (Å²) in [6.45, 7) is 1.73. The molecule has 0 atom stereocenters. The van der Waals surface area contributed by atoms with E-state index in [9.17, 15) is 22.8 Å². The summed E-state index contributed by atoms with van der Waals surface area (Å²) in [6.07, 6.45) is 0. The number of thiazole rings is 1. The molecule has 5 nitrogen and oxygen atoms in total. The van der Waals surface area contributed by atoms with Gasteiger partial charge in [0.15, 0.2) is 5.13 Å². The van der Waals surface area contributed by atoms with E-state index in [-0.39, 0.29) is 28.0 Å². The first-order valence-corrected chi connectivity index (χ1v) is 9.31. The van der Waals surface area contributed by atoms with Crippen molar-refractivity contribution in [2.24, 2.45) is 5.73 Å². The number of thioether (sulfide) groups is 2. The van der Waals surface area contributed by atoms with Gasteiger partial charge in [0, 0.05) is 10.5 Å². The summed E-state index contributed by atoms with van der Waals surface area (Å²) in [4.78, 5) is 27.1. The lowest BCUT2D eigenvalue weighted by molar-refractivity contribution is -0.115. The Morgan fingerprint density at radius 2 is 1.92 bits per heavy atom. The molecule has 0 unspecified atom stereocenters. The Morgan fingerprint density at radius 1 is 1.28 bits per heavy atom. The maximum Gasteiger partial charge on any atom is 0.446 e. The summed E-state index contributed by atoms with van der Waals surface area (Å²) in [7, 11) is 0. The van der Waals surface area contributed by atoms with Crippen LogP contribution in [0, 0.1) is 6.92 Å². The molecular formula is C14H12F3N3O2S3. The molecule has 0 aliphatic carbocycles. The molecule has 3 N–H and O–H groups in total. The number of hydrogen-bond acceptors (Lipinski definition) is 6. The Hall–Kier alpha value is -1.72. The molecule has 1 heterocycles. The van der Waals surface area contributed by atoms with E-state index in [0.717, 1.165) is 4.21 Å². The molecule has 2 rings (SSSR count). The molecule has 2 amide bonds. The molecule has 25 heavy (non-hydrogen) atoms. The normalized spacial score (nSPS) is 11.4. The van der Waals surface area contributed by atoms with Crippen LogP contribution in [0.2, 0.25) is 0 Å². The van der Waals surface area contributed by atoms with E-state index in [1.165, 1.54) is 47.4 Å². The van der Waals surface area contributed by atoms with Crippen LogP contribution in [-0.2, 0) is 4.79 Å². The van der Waals surface area contributed by atoms with E-state index < -0.39 is 17.3 Å². The van der Waals surface area contributed by atoms with E-state index in [1.54, 1.807) is 6.92 Å². The van der Waals surface area contributed by atoms with E-state index >= 15 is 0 Å². The number of halogens is 3. The zero-order valence-corrected chi connectivity index (χ0v) is 15.2. The number of primary amides is 1. The van der Waals surface area contributed by atoms with Gasteiger partial charge in [0.05, 0.1) is 15.7 Å². The first-order valence-electron chi connectivity index (χ1n) is 6.70. The highest BCUT2D eigenvalue weighted by Gasteiger charge is 2.29. The first-order chi connectivity index (χ1) is 11.6. The van der Waals surface area contributed by atoms with Crippen LogP contribution in [0.25, 0.3) is 0 Å². The molecule has 134 valence electrons. The number of nitrogens with two attached hydrogens (primary N) is 1. The minimum Gasteiger partial charge on any atom is -0.369 e.